The second-order valence-electron chi connectivity index (χ2n) is 8.09. The molecule has 34 heavy (non-hydrogen) atoms. The number of nitrogens with zero attached hydrogens (tertiary/aromatic N) is 8. The first kappa shape index (κ1) is 22.7. The molecule has 0 aliphatic carbocycles. The fourth-order valence-corrected chi connectivity index (χ4v) is 4.52. The number of nitrogens with two attached hydrogens (primary N) is 1. The summed E-state index contributed by atoms with van der Waals surface area (Å²) in [6, 6.07) is 7.80. The van der Waals surface area contributed by atoms with Crippen molar-refractivity contribution in [2.45, 2.75) is 51.8 Å². The van der Waals surface area contributed by atoms with Crippen molar-refractivity contribution in [1.29, 1.82) is 0 Å². The number of hydrogen-bond donors (Lipinski definition) is 2. The van der Waals surface area contributed by atoms with Gasteiger partial charge in [0.2, 0.25) is 5.82 Å². The number of hydrazone groups is 1. The van der Waals surface area contributed by atoms with Crippen molar-refractivity contribution in [2.75, 3.05) is 6.61 Å². The molecule has 14 heteroatoms. The second-order valence-corrected chi connectivity index (χ2v) is 8.89. The molecule has 5 rings (SSSR count). The molecule has 2 saturated heterocycles. The molecule has 0 spiro atoms. The first-order chi connectivity index (χ1) is 16.4. The summed E-state index contributed by atoms with van der Waals surface area (Å²) in [7, 11) is 0. The SMILES string of the molecule is CCn1c(Cn2nnc(-c3ccc(C)cc3)n2)nn([C@H]2CC(=NNC(N)=S)[C@@H]3OC[C@H]2O3)c1=S. The zero-order valence-electron chi connectivity index (χ0n) is 18.7. The molecule has 1 aromatic carbocycles. The Balaban J connectivity index is 1.41. The molecule has 4 heterocycles. The van der Waals surface area contributed by atoms with Gasteiger partial charge < -0.3 is 19.8 Å². The summed E-state index contributed by atoms with van der Waals surface area (Å²) < 4.78 is 16.1. The van der Waals surface area contributed by atoms with Crippen LogP contribution in [0, 0.1) is 11.7 Å². The van der Waals surface area contributed by atoms with E-state index < -0.39 is 6.29 Å². The number of aromatic nitrogens is 7. The van der Waals surface area contributed by atoms with Crippen molar-refractivity contribution < 1.29 is 9.47 Å². The zero-order chi connectivity index (χ0) is 23.8. The van der Waals surface area contributed by atoms with Crippen LogP contribution in [0.5, 0.6) is 0 Å². The minimum atomic E-state index is -0.524. The van der Waals surface area contributed by atoms with Crippen LogP contribution in [-0.4, -0.2) is 64.4 Å². The maximum Gasteiger partial charge on any atom is 0.204 e. The molecule has 2 aromatic heterocycles. The molecule has 2 aliphatic heterocycles. The highest BCUT2D eigenvalue weighted by molar-refractivity contribution is 7.80. The molecule has 12 nitrogen and oxygen atoms in total. The number of aryl methyl sites for hydroxylation is 1. The van der Waals surface area contributed by atoms with Gasteiger partial charge in [-0.3, -0.25) is 5.43 Å². The summed E-state index contributed by atoms with van der Waals surface area (Å²) in [5.41, 5.74) is 10.9. The van der Waals surface area contributed by atoms with E-state index in [-0.39, 0.29) is 17.3 Å². The standard InChI is InChI=1S/C20H24N10O2S2/c1-3-28-16(9-29-26-17(23-27-29)12-6-4-11(2)5-7-12)25-30(20(28)34)14-8-13(22-24-19(21)33)18-31-10-15(14)32-18/h4-7,14-15,18H,3,8-10H2,1-2H3,(H3,21,24,33)/t14-,15+,18+/m0/s1. The summed E-state index contributed by atoms with van der Waals surface area (Å²) in [4.78, 5) is 1.52. The van der Waals surface area contributed by atoms with E-state index in [1.165, 1.54) is 10.4 Å². The molecular weight excluding hydrogens is 476 g/mol. The van der Waals surface area contributed by atoms with Crippen molar-refractivity contribution in [3.05, 3.63) is 40.4 Å². The van der Waals surface area contributed by atoms with Gasteiger partial charge in [-0.25, -0.2) is 4.68 Å². The van der Waals surface area contributed by atoms with E-state index in [1.807, 2.05) is 42.7 Å². The lowest BCUT2D eigenvalue weighted by molar-refractivity contribution is -0.0323. The van der Waals surface area contributed by atoms with Crippen LogP contribution in [0.2, 0.25) is 0 Å². The van der Waals surface area contributed by atoms with Crippen molar-refractivity contribution in [2.24, 2.45) is 10.8 Å². The molecule has 0 amide bonds. The number of thiocarbonyl (C=S) groups is 1. The summed E-state index contributed by atoms with van der Waals surface area (Å²) in [5.74, 6) is 1.28. The molecule has 3 N–H and O–H groups in total. The van der Waals surface area contributed by atoms with E-state index >= 15 is 0 Å². The fraction of sp³-hybridized carbons (Fsp3) is 0.450. The van der Waals surface area contributed by atoms with Crippen LogP contribution < -0.4 is 11.2 Å². The Labute approximate surface area is 205 Å². The molecule has 0 saturated carbocycles. The number of tetrazole rings is 1. The van der Waals surface area contributed by atoms with Gasteiger partial charge in [0.15, 0.2) is 22.0 Å². The monoisotopic (exact) mass is 500 g/mol. The normalized spacial score (nSPS) is 22.9. The smallest absolute Gasteiger partial charge is 0.204 e. The molecular formula is C20H24N10O2S2. The average molecular weight is 501 g/mol. The summed E-state index contributed by atoms with van der Waals surface area (Å²) in [5, 5.41) is 22.1. The van der Waals surface area contributed by atoms with E-state index in [9.17, 15) is 0 Å². The fourth-order valence-electron chi connectivity index (χ4n) is 4.07. The lowest BCUT2D eigenvalue weighted by atomic mass is 10.0. The number of benzene rings is 1. The number of hydrogen-bond acceptors (Lipinski definition) is 9. The van der Waals surface area contributed by atoms with Gasteiger partial charge in [0.1, 0.15) is 12.6 Å². The minimum absolute atomic E-state index is 0.0728. The second kappa shape index (κ2) is 9.29. The highest BCUT2D eigenvalue weighted by Gasteiger charge is 2.44. The predicted molar refractivity (Wildman–Crippen MR) is 129 cm³/mol. The molecule has 3 aromatic rings. The van der Waals surface area contributed by atoms with E-state index in [2.05, 4.69) is 25.9 Å². The number of ether oxygens (including phenoxy) is 2. The van der Waals surface area contributed by atoms with Crippen LogP contribution in [0.1, 0.15) is 30.8 Å². The van der Waals surface area contributed by atoms with E-state index in [4.69, 9.17) is 44.7 Å². The van der Waals surface area contributed by atoms with Crippen LogP contribution in [-0.2, 0) is 22.6 Å². The Bertz CT molecular complexity index is 1300. The molecule has 178 valence electrons. The first-order valence-electron chi connectivity index (χ1n) is 10.8. The van der Waals surface area contributed by atoms with Crippen LogP contribution in [0.25, 0.3) is 11.4 Å². The predicted octanol–water partition coefficient (Wildman–Crippen LogP) is 1.32. The maximum absolute atomic E-state index is 5.99. The molecule has 2 aliphatic rings. The van der Waals surface area contributed by atoms with Gasteiger partial charge in [-0.2, -0.15) is 15.0 Å². The highest BCUT2D eigenvalue weighted by atomic mass is 32.1. The van der Waals surface area contributed by atoms with E-state index in [0.29, 0.717) is 42.4 Å². The van der Waals surface area contributed by atoms with Crippen LogP contribution >= 0.6 is 24.4 Å². The Hall–Kier alpha value is -3.07. The van der Waals surface area contributed by atoms with Gasteiger partial charge in [-0.15, -0.1) is 10.2 Å². The highest BCUT2D eigenvalue weighted by Crippen LogP contribution is 2.33. The van der Waals surface area contributed by atoms with Crippen molar-refractivity contribution >= 4 is 35.3 Å². The van der Waals surface area contributed by atoms with Crippen molar-refractivity contribution in [3.63, 3.8) is 0 Å². The Morgan fingerprint density at radius 2 is 2.09 bits per heavy atom. The van der Waals surface area contributed by atoms with Gasteiger partial charge in [-0.1, -0.05) is 29.8 Å². The van der Waals surface area contributed by atoms with Gasteiger partial charge in [0.05, 0.1) is 18.4 Å². The van der Waals surface area contributed by atoms with Crippen LogP contribution in [0.15, 0.2) is 29.4 Å². The van der Waals surface area contributed by atoms with Crippen LogP contribution in [0.3, 0.4) is 0 Å². The van der Waals surface area contributed by atoms with Gasteiger partial charge in [-0.05, 0) is 43.5 Å². The van der Waals surface area contributed by atoms with Gasteiger partial charge in [0.25, 0.3) is 0 Å². The number of rotatable bonds is 6. The molecule has 2 fully saturated rings. The topological polar surface area (TPSA) is 135 Å². The Morgan fingerprint density at radius 3 is 2.82 bits per heavy atom. The lowest BCUT2D eigenvalue weighted by Gasteiger charge is -2.28. The largest absolute Gasteiger partial charge is 0.375 e. The quantitative estimate of drug-likeness (QED) is 0.377. The third-order valence-electron chi connectivity index (χ3n) is 5.78. The molecule has 2 bridgehead atoms. The number of nitrogens with one attached hydrogen (secondary N) is 1. The van der Waals surface area contributed by atoms with Crippen LogP contribution in [0.4, 0.5) is 0 Å². The summed E-state index contributed by atoms with van der Waals surface area (Å²) in [6.45, 7) is 5.44. The lowest BCUT2D eigenvalue weighted by Crippen LogP contribution is -2.39. The first-order valence-corrected chi connectivity index (χ1v) is 11.7. The minimum Gasteiger partial charge on any atom is -0.375 e. The molecule has 0 unspecified atom stereocenters. The zero-order valence-corrected chi connectivity index (χ0v) is 20.3. The molecule has 0 radical (unpaired) electrons. The Morgan fingerprint density at radius 1 is 1.29 bits per heavy atom. The van der Waals surface area contributed by atoms with Crippen molar-refractivity contribution in [3.8, 4) is 11.4 Å². The maximum atomic E-state index is 5.99. The summed E-state index contributed by atoms with van der Waals surface area (Å²) >= 11 is 10.6. The third kappa shape index (κ3) is 4.36. The Kier molecular flexibility index (Phi) is 6.20. The van der Waals surface area contributed by atoms with E-state index in [1.54, 1.807) is 4.68 Å². The van der Waals surface area contributed by atoms with Gasteiger partial charge >= 0.3 is 0 Å². The van der Waals surface area contributed by atoms with Gasteiger partial charge in [0, 0.05) is 18.5 Å². The third-order valence-corrected chi connectivity index (χ3v) is 6.28. The molecule has 3 atom stereocenters. The number of fused-ring (bicyclic) bond motifs is 2. The van der Waals surface area contributed by atoms with E-state index in [0.717, 1.165) is 11.4 Å². The van der Waals surface area contributed by atoms with Crippen molar-refractivity contribution in [1.82, 2.24) is 40.0 Å². The summed E-state index contributed by atoms with van der Waals surface area (Å²) in [6.07, 6.45) is -0.172. The average Bonchev–Trinajstić information content (AvgIpc) is 3.53.